The number of nitrogens with zero attached hydrogens (tertiary/aromatic N) is 4. The van der Waals surface area contributed by atoms with Crippen LogP contribution in [-0.4, -0.2) is 79.1 Å². The lowest BCUT2D eigenvalue weighted by atomic mass is 9.85. The summed E-state index contributed by atoms with van der Waals surface area (Å²) in [6, 6.07) is 19.5. The van der Waals surface area contributed by atoms with Crippen molar-refractivity contribution in [2.45, 2.75) is 97.4 Å². The van der Waals surface area contributed by atoms with E-state index >= 15 is 0 Å². The lowest BCUT2D eigenvalue weighted by Gasteiger charge is -2.39. The molecule has 4 rings (SSSR count). The molecule has 14 heteroatoms. The molecule has 1 fully saturated rings. The summed E-state index contributed by atoms with van der Waals surface area (Å²) >= 11 is 5.74. The van der Waals surface area contributed by atoms with Gasteiger partial charge in [0.2, 0.25) is 11.8 Å². The Morgan fingerprint density at radius 2 is 1.57 bits per heavy atom. The minimum absolute atomic E-state index is 0.0369. The van der Waals surface area contributed by atoms with Crippen LogP contribution >= 0.6 is 12.2 Å². The highest BCUT2D eigenvalue weighted by Gasteiger charge is 2.39. The van der Waals surface area contributed by atoms with E-state index in [1.54, 1.807) is 36.9 Å². The number of alkyl halides is 3. The minimum atomic E-state index is -4.74. The zero-order chi connectivity index (χ0) is 42.8. The highest BCUT2D eigenvalue weighted by molar-refractivity contribution is 7.80. The van der Waals surface area contributed by atoms with Gasteiger partial charge in [0.15, 0.2) is 5.11 Å². The zero-order valence-electron chi connectivity index (χ0n) is 34.3. The van der Waals surface area contributed by atoms with Crippen LogP contribution in [0.4, 0.5) is 24.5 Å². The SMILES string of the molecule is CC1CCCN1C(=O)C(NC(=O)COCCCCCOc1ccc(-c2ccc(N(C(=S)N(C)c3ccc(C#N)c(C(F)(F)F)c3)C(C)(C)C=O)cc2)cc1)C(C)(C)C. The Labute approximate surface area is 345 Å². The van der Waals surface area contributed by atoms with Gasteiger partial charge in [0, 0.05) is 37.6 Å². The first-order valence-corrected chi connectivity index (χ1v) is 19.9. The second kappa shape index (κ2) is 19.6. The summed E-state index contributed by atoms with van der Waals surface area (Å²) < 4.78 is 52.6. The Hall–Kier alpha value is -5.00. The molecule has 0 aliphatic carbocycles. The Bertz CT molecular complexity index is 1940. The van der Waals surface area contributed by atoms with Gasteiger partial charge in [-0.15, -0.1) is 0 Å². The number of likely N-dealkylation sites (tertiary alicyclic amines) is 1. The van der Waals surface area contributed by atoms with Gasteiger partial charge >= 0.3 is 6.18 Å². The molecule has 0 bridgehead atoms. The molecule has 58 heavy (non-hydrogen) atoms. The third-order valence-corrected chi connectivity index (χ3v) is 10.6. The molecule has 1 aliphatic heterocycles. The van der Waals surface area contributed by atoms with Crippen molar-refractivity contribution in [3.8, 4) is 22.9 Å². The first-order valence-electron chi connectivity index (χ1n) is 19.4. The van der Waals surface area contributed by atoms with E-state index < -0.39 is 34.3 Å². The Morgan fingerprint density at radius 1 is 0.966 bits per heavy atom. The molecule has 10 nitrogen and oxygen atoms in total. The maximum absolute atomic E-state index is 13.7. The monoisotopic (exact) mass is 821 g/mol. The first-order chi connectivity index (χ1) is 27.3. The first kappa shape index (κ1) is 45.7. The second-order valence-corrected chi connectivity index (χ2v) is 16.6. The van der Waals surface area contributed by atoms with Crippen molar-refractivity contribution in [1.29, 1.82) is 5.26 Å². The van der Waals surface area contributed by atoms with Crippen LogP contribution in [-0.2, 0) is 25.3 Å². The van der Waals surface area contributed by atoms with Gasteiger partial charge in [0.1, 0.15) is 24.7 Å². The van der Waals surface area contributed by atoms with Crippen LogP contribution in [0.2, 0.25) is 0 Å². The molecule has 2 atom stereocenters. The highest BCUT2D eigenvalue weighted by Crippen LogP contribution is 2.36. The summed E-state index contributed by atoms with van der Waals surface area (Å²) in [5.41, 5.74) is -0.675. The summed E-state index contributed by atoms with van der Waals surface area (Å²) in [7, 11) is 1.51. The van der Waals surface area contributed by atoms with Crippen LogP contribution in [0.25, 0.3) is 11.1 Å². The van der Waals surface area contributed by atoms with Crippen LogP contribution < -0.4 is 19.9 Å². The smallest absolute Gasteiger partial charge is 0.417 e. The summed E-state index contributed by atoms with van der Waals surface area (Å²) in [5, 5.41) is 12.2. The van der Waals surface area contributed by atoms with Crippen molar-refractivity contribution in [1.82, 2.24) is 10.2 Å². The summed E-state index contributed by atoms with van der Waals surface area (Å²) in [5.74, 6) is 0.377. The molecule has 0 radical (unpaired) electrons. The third-order valence-electron chi connectivity index (χ3n) is 10.2. The fourth-order valence-corrected chi connectivity index (χ4v) is 7.18. The number of thiocarbonyl (C=S) groups is 1. The largest absolute Gasteiger partial charge is 0.494 e. The van der Waals surface area contributed by atoms with Crippen LogP contribution in [0, 0.1) is 16.7 Å². The van der Waals surface area contributed by atoms with Crippen molar-refractivity contribution < 1.29 is 37.0 Å². The van der Waals surface area contributed by atoms with E-state index in [0.29, 0.717) is 24.7 Å². The number of aldehydes is 1. The van der Waals surface area contributed by atoms with Crippen molar-refractivity contribution in [2.24, 2.45) is 5.41 Å². The molecule has 1 N–H and O–H groups in total. The number of amides is 2. The standard InChI is InChI=1S/C44H54F3N5O5S/c1-30-12-11-23-51(30)40(55)39(42(2,3)4)49-38(54)28-56-24-9-8-10-25-57-36-21-16-32(17-22-36)31-13-18-34(19-14-31)52(43(5,6)29-53)41(58)50(7)35-20-15-33(27-48)37(26-35)44(45,46)47/h13-22,26,29-30,39H,8-12,23-25,28H2,1-7H3,(H,49,54). The summed E-state index contributed by atoms with van der Waals surface area (Å²) in [6.45, 7) is 12.8. The van der Waals surface area contributed by atoms with Gasteiger partial charge in [-0.2, -0.15) is 18.4 Å². The Morgan fingerprint density at radius 3 is 2.12 bits per heavy atom. The van der Waals surface area contributed by atoms with E-state index in [2.05, 4.69) is 5.32 Å². The molecule has 0 aromatic heterocycles. The van der Waals surface area contributed by atoms with Crippen LogP contribution in [0.3, 0.4) is 0 Å². The number of rotatable bonds is 16. The van der Waals surface area contributed by atoms with Gasteiger partial charge in [0.05, 0.1) is 29.3 Å². The summed E-state index contributed by atoms with van der Waals surface area (Å²) in [4.78, 5) is 42.9. The maximum atomic E-state index is 13.7. The molecule has 312 valence electrons. The third kappa shape index (κ3) is 11.8. The Kier molecular flexibility index (Phi) is 15.5. The van der Waals surface area contributed by atoms with Crippen molar-refractivity contribution in [2.75, 3.05) is 43.2 Å². The quantitative estimate of drug-likeness (QED) is 0.0863. The average molecular weight is 822 g/mol. The van der Waals surface area contributed by atoms with E-state index in [4.69, 9.17) is 21.7 Å². The molecule has 1 heterocycles. The molecule has 0 saturated carbocycles. The topological polar surface area (TPSA) is 115 Å². The van der Waals surface area contributed by atoms with E-state index in [1.807, 2.05) is 69.0 Å². The maximum Gasteiger partial charge on any atom is 0.417 e. The number of ether oxygens (including phenoxy) is 2. The fraction of sp³-hybridized carbons (Fsp3) is 0.477. The lowest BCUT2D eigenvalue weighted by molar-refractivity contribution is -0.141. The second-order valence-electron chi connectivity index (χ2n) is 16.2. The number of carbonyl (C=O) groups is 3. The molecule has 3 aromatic rings. The molecule has 0 spiro atoms. The van der Waals surface area contributed by atoms with Crippen LogP contribution in [0.15, 0.2) is 66.7 Å². The number of unbranched alkanes of at least 4 members (excludes halogenated alkanes) is 2. The van der Waals surface area contributed by atoms with Gasteiger partial charge in [0.25, 0.3) is 0 Å². The molecular weight excluding hydrogens is 768 g/mol. The normalized spacial score (nSPS) is 15.0. The van der Waals surface area contributed by atoms with Crippen molar-refractivity contribution in [3.05, 3.63) is 77.9 Å². The number of anilines is 2. The molecule has 1 saturated heterocycles. The van der Waals surface area contributed by atoms with E-state index in [9.17, 15) is 32.8 Å². The average Bonchev–Trinajstić information content (AvgIpc) is 3.62. The number of nitrogens with one attached hydrogen (secondary N) is 1. The zero-order valence-corrected chi connectivity index (χ0v) is 35.1. The van der Waals surface area contributed by atoms with Crippen molar-refractivity contribution in [3.63, 3.8) is 0 Å². The van der Waals surface area contributed by atoms with E-state index in [-0.39, 0.29) is 35.3 Å². The van der Waals surface area contributed by atoms with Gasteiger partial charge in [-0.3, -0.25) is 9.59 Å². The van der Waals surface area contributed by atoms with Gasteiger partial charge in [-0.25, -0.2) is 0 Å². The molecule has 3 aromatic carbocycles. The van der Waals surface area contributed by atoms with E-state index in [1.165, 1.54) is 18.0 Å². The fourth-order valence-electron chi connectivity index (χ4n) is 6.74. The van der Waals surface area contributed by atoms with Crippen LogP contribution in [0.1, 0.15) is 84.8 Å². The molecular formula is C44H54F3N5O5S. The van der Waals surface area contributed by atoms with Gasteiger partial charge in [-0.05, 0) is 124 Å². The van der Waals surface area contributed by atoms with Gasteiger partial charge < -0.3 is 34.3 Å². The highest BCUT2D eigenvalue weighted by atomic mass is 32.1. The molecule has 1 aliphatic rings. The predicted molar refractivity (Wildman–Crippen MR) is 224 cm³/mol. The molecule has 2 amide bonds. The Balaban J connectivity index is 1.25. The number of halogens is 3. The number of hydrogen-bond donors (Lipinski definition) is 1. The molecule has 2 unspecified atom stereocenters. The number of nitriles is 1. The predicted octanol–water partition coefficient (Wildman–Crippen LogP) is 8.56. The van der Waals surface area contributed by atoms with Crippen molar-refractivity contribution >= 4 is 46.8 Å². The van der Waals surface area contributed by atoms with Gasteiger partial charge in [-0.1, -0.05) is 45.0 Å². The number of carbonyl (C=O) groups excluding carboxylic acids is 3. The number of benzene rings is 3. The van der Waals surface area contributed by atoms with Crippen LogP contribution in [0.5, 0.6) is 5.75 Å². The van der Waals surface area contributed by atoms with E-state index in [0.717, 1.165) is 68.2 Å². The summed E-state index contributed by atoms with van der Waals surface area (Å²) in [6.07, 6.45) is 0.344. The minimum Gasteiger partial charge on any atom is -0.494 e. The number of hydrogen-bond acceptors (Lipinski definition) is 7. The lowest BCUT2D eigenvalue weighted by Crippen LogP contribution is -2.56.